The molecule has 1 N–H and O–H groups in total. The van der Waals surface area contributed by atoms with Crippen LogP contribution in [-0.4, -0.2) is 39.1 Å². The zero-order chi connectivity index (χ0) is 25.9. The summed E-state index contributed by atoms with van der Waals surface area (Å²) in [6.45, 7) is 6.02. The lowest BCUT2D eigenvalue weighted by molar-refractivity contribution is -0.116. The molecule has 0 heterocycles. The van der Waals surface area contributed by atoms with Crippen molar-refractivity contribution in [2.24, 2.45) is 0 Å². The molecule has 0 aromatic heterocycles. The predicted octanol–water partition coefficient (Wildman–Crippen LogP) is 7.39. The lowest BCUT2D eigenvalue weighted by Gasteiger charge is -2.26. The first-order valence-electron chi connectivity index (χ1n) is 10.9. The SMILES string of the molecule is CCOC(=O)c1c(I)c(NSc2cccc3c(N(C)C)cccc23)c(I)c(N(CC)C(C)=O)c1I. The van der Waals surface area contributed by atoms with Crippen LogP contribution in [0.15, 0.2) is 41.3 Å². The molecule has 0 spiro atoms. The summed E-state index contributed by atoms with van der Waals surface area (Å²) in [4.78, 5) is 30.3. The van der Waals surface area contributed by atoms with E-state index in [1.165, 1.54) is 18.9 Å². The number of hydrogen-bond acceptors (Lipinski definition) is 6. The van der Waals surface area contributed by atoms with Crippen LogP contribution in [0.2, 0.25) is 0 Å². The lowest BCUT2D eigenvalue weighted by atomic mass is 10.1. The number of hydrogen-bond donors (Lipinski definition) is 1. The number of nitrogens with one attached hydrogen (secondary N) is 1. The third-order valence-electron chi connectivity index (χ3n) is 5.34. The summed E-state index contributed by atoms with van der Waals surface area (Å²) in [5, 5.41) is 2.30. The number of halogens is 3. The summed E-state index contributed by atoms with van der Waals surface area (Å²) in [5.41, 5.74) is 3.13. The molecule has 35 heavy (non-hydrogen) atoms. The summed E-state index contributed by atoms with van der Waals surface area (Å²) in [6, 6.07) is 12.5. The van der Waals surface area contributed by atoms with Gasteiger partial charge in [-0.25, -0.2) is 4.79 Å². The van der Waals surface area contributed by atoms with Gasteiger partial charge in [0.15, 0.2) is 0 Å². The number of rotatable bonds is 8. The summed E-state index contributed by atoms with van der Waals surface area (Å²) in [7, 11) is 4.08. The van der Waals surface area contributed by atoms with Crippen molar-refractivity contribution in [3.05, 3.63) is 52.7 Å². The lowest BCUT2D eigenvalue weighted by Crippen LogP contribution is -2.31. The molecule has 0 fully saturated rings. The number of fused-ring (bicyclic) bond motifs is 1. The van der Waals surface area contributed by atoms with Gasteiger partial charge in [-0.15, -0.1) is 0 Å². The Morgan fingerprint density at radius 1 is 0.971 bits per heavy atom. The van der Waals surface area contributed by atoms with E-state index in [0.717, 1.165) is 39.9 Å². The standard InChI is InChI=1S/C25H26I3N3O3S/c1-6-31(14(3)32)24-21(27)19(25(33)34-7-2)20(26)23(22(24)28)29-35-18-13-9-10-15-16(18)11-8-12-17(15)30(4)5/h8-13,29H,6-7H2,1-5H3. The Hall–Kier alpha value is -1.000. The maximum absolute atomic E-state index is 13.0. The minimum atomic E-state index is -0.396. The Morgan fingerprint density at radius 3 is 2.23 bits per heavy atom. The second-order valence-electron chi connectivity index (χ2n) is 7.75. The van der Waals surface area contributed by atoms with Gasteiger partial charge in [0.05, 0.1) is 34.3 Å². The molecule has 0 radical (unpaired) electrons. The monoisotopic (exact) mass is 829 g/mol. The first-order chi connectivity index (χ1) is 16.6. The molecule has 3 rings (SSSR count). The average Bonchev–Trinajstić information content (AvgIpc) is 2.81. The molecule has 10 heteroatoms. The predicted molar refractivity (Wildman–Crippen MR) is 172 cm³/mol. The molecule has 0 aliphatic carbocycles. The van der Waals surface area contributed by atoms with Crippen LogP contribution >= 0.6 is 79.7 Å². The molecule has 3 aromatic carbocycles. The van der Waals surface area contributed by atoms with Gasteiger partial charge >= 0.3 is 5.97 Å². The third kappa shape index (κ3) is 5.95. The van der Waals surface area contributed by atoms with Crippen molar-refractivity contribution in [1.82, 2.24) is 0 Å². The van der Waals surface area contributed by atoms with E-state index in [-0.39, 0.29) is 12.5 Å². The molecule has 1 amide bonds. The van der Waals surface area contributed by atoms with Crippen molar-refractivity contribution in [1.29, 1.82) is 0 Å². The molecule has 0 aliphatic rings. The molecule has 0 unspecified atom stereocenters. The number of carbonyl (C=O) groups excluding carboxylic acids is 2. The quantitative estimate of drug-likeness (QED) is 0.145. The molecular weight excluding hydrogens is 803 g/mol. The first-order valence-corrected chi connectivity index (χ1v) is 15.0. The van der Waals surface area contributed by atoms with Crippen LogP contribution in [0.25, 0.3) is 10.8 Å². The van der Waals surface area contributed by atoms with Crippen molar-refractivity contribution in [3.8, 4) is 0 Å². The van der Waals surface area contributed by atoms with E-state index in [2.05, 4.69) is 108 Å². The van der Waals surface area contributed by atoms with E-state index in [0.29, 0.717) is 15.7 Å². The highest BCUT2D eigenvalue weighted by Crippen LogP contribution is 2.43. The smallest absolute Gasteiger partial charge is 0.340 e. The third-order valence-corrected chi connectivity index (χ3v) is 9.40. The fourth-order valence-electron chi connectivity index (χ4n) is 3.75. The van der Waals surface area contributed by atoms with Crippen LogP contribution in [0.1, 0.15) is 31.1 Å². The average molecular weight is 829 g/mol. The van der Waals surface area contributed by atoms with Crippen molar-refractivity contribution >= 4 is 119 Å². The first kappa shape index (κ1) is 28.6. The van der Waals surface area contributed by atoms with Gasteiger partial charge in [-0.2, -0.15) is 0 Å². The topological polar surface area (TPSA) is 61.9 Å². The molecule has 0 saturated heterocycles. The zero-order valence-corrected chi connectivity index (χ0v) is 27.3. The molecule has 186 valence electrons. The molecule has 0 atom stereocenters. The van der Waals surface area contributed by atoms with Crippen molar-refractivity contribution < 1.29 is 14.3 Å². The number of esters is 1. The van der Waals surface area contributed by atoms with Crippen molar-refractivity contribution in [2.75, 3.05) is 41.8 Å². The van der Waals surface area contributed by atoms with Gasteiger partial charge in [-0.3, -0.25) is 4.79 Å². The van der Waals surface area contributed by atoms with Crippen molar-refractivity contribution in [2.45, 2.75) is 25.7 Å². The molecule has 6 nitrogen and oxygen atoms in total. The zero-order valence-electron chi connectivity index (χ0n) is 20.0. The summed E-state index contributed by atoms with van der Waals surface area (Å²) in [6.07, 6.45) is 0. The largest absolute Gasteiger partial charge is 0.462 e. The van der Waals surface area contributed by atoms with Gasteiger partial charge < -0.3 is 19.3 Å². The van der Waals surface area contributed by atoms with E-state index in [4.69, 9.17) is 4.74 Å². The molecule has 0 aliphatic heterocycles. The Morgan fingerprint density at radius 2 is 1.63 bits per heavy atom. The van der Waals surface area contributed by atoms with Crippen LogP contribution in [0.3, 0.4) is 0 Å². The van der Waals surface area contributed by atoms with Crippen LogP contribution in [0, 0.1) is 10.7 Å². The second-order valence-corrected chi connectivity index (χ2v) is 11.8. The van der Waals surface area contributed by atoms with Gasteiger partial charge in [0.2, 0.25) is 5.91 Å². The normalized spacial score (nSPS) is 10.9. The number of carbonyl (C=O) groups is 2. The molecule has 0 saturated carbocycles. The van der Waals surface area contributed by atoms with Crippen LogP contribution in [0.5, 0.6) is 0 Å². The maximum Gasteiger partial charge on any atom is 0.340 e. The Bertz CT molecular complexity index is 1280. The highest BCUT2D eigenvalue weighted by molar-refractivity contribution is 14.1. The minimum Gasteiger partial charge on any atom is -0.462 e. The number of amides is 1. The summed E-state index contributed by atoms with van der Waals surface area (Å²) >= 11 is 8.10. The number of nitrogens with zero attached hydrogens (tertiary/aromatic N) is 2. The highest BCUT2D eigenvalue weighted by atomic mass is 127. The molecular formula is C25H26I3N3O3S. The van der Waals surface area contributed by atoms with Gasteiger partial charge in [0, 0.05) is 43.5 Å². The van der Waals surface area contributed by atoms with Crippen molar-refractivity contribution in [3.63, 3.8) is 0 Å². The van der Waals surface area contributed by atoms with Gasteiger partial charge in [0.25, 0.3) is 0 Å². The minimum absolute atomic E-state index is 0.0804. The van der Waals surface area contributed by atoms with Crippen LogP contribution < -0.4 is 14.5 Å². The summed E-state index contributed by atoms with van der Waals surface area (Å²) in [5.74, 6) is -0.476. The van der Waals surface area contributed by atoms with Gasteiger partial charge in [-0.05, 0) is 111 Å². The van der Waals surface area contributed by atoms with E-state index >= 15 is 0 Å². The van der Waals surface area contributed by atoms with E-state index in [9.17, 15) is 9.59 Å². The Kier molecular flexibility index (Phi) is 10.2. The second kappa shape index (κ2) is 12.5. The number of ether oxygens (including phenoxy) is 1. The van der Waals surface area contributed by atoms with Crippen LogP contribution in [0.4, 0.5) is 17.1 Å². The Labute approximate surface area is 251 Å². The van der Waals surface area contributed by atoms with Crippen LogP contribution in [-0.2, 0) is 9.53 Å². The van der Waals surface area contributed by atoms with E-state index < -0.39 is 5.97 Å². The highest BCUT2D eigenvalue weighted by Gasteiger charge is 2.29. The van der Waals surface area contributed by atoms with Gasteiger partial charge in [0.1, 0.15) is 0 Å². The fraction of sp³-hybridized carbons (Fsp3) is 0.280. The summed E-state index contributed by atoms with van der Waals surface area (Å²) < 4.78 is 11.2. The number of anilines is 3. The maximum atomic E-state index is 13.0. The molecule has 0 bridgehead atoms. The van der Waals surface area contributed by atoms with Gasteiger partial charge in [-0.1, -0.05) is 24.3 Å². The van der Waals surface area contributed by atoms with E-state index in [1.807, 2.05) is 27.1 Å². The Balaban J connectivity index is 2.15. The fourth-order valence-corrected chi connectivity index (χ4v) is 9.42. The van der Waals surface area contributed by atoms with E-state index in [1.54, 1.807) is 11.8 Å². The number of benzene rings is 3. The molecule has 3 aromatic rings.